The van der Waals surface area contributed by atoms with Crippen molar-refractivity contribution in [3.8, 4) is 0 Å². The van der Waals surface area contributed by atoms with E-state index in [0.29, 0.717) is 13.0 Å². The zero-order valence-electron chi connectivity index (χ0n) is 11.1. The highest BCUT2D eigenvalue weighted by Gasteiger charge is 2.20. The molecule has 1 aromatic rings. The molecule has 0 aromatic heterocycles. The molecule has 6 nitrogen and oxygen atoms in total. The molecular formula is C13H14Cl2N2O4. The van der Waals surface area contributed by atoms with Crippen molar-refractivity contribution in [1.82, 2.24) is 5.32 Å². The SMILES string of the molecule is O=C(NCCC1CCCO1)c1cc([N+](=O)[O-])cc(Cl)c1Cl. The molecule has 114 valence electrons. The predicted octanol–water partition coefficient (Wildman–Crippen LogP) is 3.20. The quantitative estimate of drug-likeness (QED) is 0.663. The van der Waals surface area contributed by atoms with Gasteiger partial charge in [-0.1, -0.05) is 23.2 Å². The van der Waals surface area contributed by atoms with Crippen molar-refractivity contribution < 1.29 is 14.5 Å². The topological polar surface area (TPSA) is 81.5 Å². The van der Waals surface area contributed by atoms with Gasteiger partial charge in [0.05, 0.1) is 26.6 Å². The summed E-state index contributed by atoms with van der Waals surface area (Å²) >= 11 is 11.7. The summed E-state index contributed by atoms with van der Waals surface area (Å²) in [6, 6.07) is 2.24. The molecule has 0 saturated carbocycles. The summed E-state index contributed by atoms with van der Waals surface area (Å²) in [6.07, 6.45) is 2.88. The van der Waals surface area contributed by atoms with Crippen LogP contribution in [0, 0.1) is 10.1 Å². The lowest BCUT2D eigenvalue weighted by Gasteiger charge is -2.11. The zero-order chi connectivity index (χ0) is 15.4. The first-order valence-corrected chi connectivity index (χ1v) is 7.28. The summed E-state index contributed by atoms with van der Waals surface area (Å²) in [6.45, 7) is 1.17. The number of carbonyl (C=O) groups excluding carboxylic acids is 1. The molecule has 1 aromatic carbocycles. The Labute approximate surface area is 131 Å². The number of rotatable bonds is 5. The van der Waals surface area contributed by atoms with Crippen LogP contribution in [0.5, 0.6) is 0 Å². The van der Waals surface area contributed by atoms with Gasteiger partial charge < -0.3 is 10.1 Å². The first-order valence-electron chi connectivity index (χ1n) is 6.52. The number of nitro benzene ring substituents is 1. The Balaban J connectivity index is 2.02. The average molecular weight is 333 g/mol. The van der Waals surface area contributed by atoms with Crippen LogP contribution in [0.25, 0.3) is 0 Å². The molecule has 1 heterocycles. The van der Waals surface area contributed by atoms with Gasteiger partial charge in [0.1, 0.15) is 0 Å². The van der Waals surface area contributed by atoms with E-state index in [9.17, 15) is 14.9 Å². The molecule has 1 unspecified atom stereocenters. The minimum absolute atomic E-state index is 0.00297. The normalized spacial score (nSPS) is 17.7. The van der Waals surface area contributed by atoms with Crippen LogP contribution < -0.4 is 5.32 Å². The van der Waals surface area contributed by atoms with Gasteiger partial charge in [-0.3, -0.25) is 14.9 Å². The summed E-state index contributed by atoms with van der Waals surface area (Å²) in [4.78, 5) is 22.2. The summed E-state index contributed by atoms with van der Waals surface area (Å²) in [5.41, 5.74) is -0.267. The number of halogens is 2. The third-order valence-corrected chi connectivity index (χ3v) is 4.05. The van der Waals surface area contributed by atoms with Crippen molar-refractivity contribution in [1.29, 1.82) is 0 Å². The molecule has 0 radical (unpaired) electrons. The van der Waals surface area contributed by atoms with Gasteiger partial charge in [0.25, 0.3) is 11.6 Å². The molecular weight excluding hydrogens is 319 g/mol. The van der Waals surface area contributed by atoms with Crippen molar-refractivity contribution in [2.24, 2.45) is 0 Å². The predicted molar refractivity (Wildman–Crippen MR) is 79.0 cm³/mol. The van der Waals surface area contributed by atoms with Crippen LogP contribution in [0.4, 0.5) is 5.69 Å². The van der Waals surface area contributed by atoms with E-state index < -0.39 is 10.8 Å². The van der Waals surface area contributed by atoms with E-state index in [2.05, 4.69) is 5.32 Å². The van der Waals surface area contributed by atoms with Crippen molar-refractivity contribution in [2.75, 3.05) is 13.2 Å². The first-order chi connectivity index (χ1) is 9.99. The Morgan fingerprint density at radius 2 is 2.24 bits per heavy atom. The van der Waals surface area contributed by atoms with Crippen LogP contribution in [0.1, 0.15) is 29.6 Å². The lowest BCUT2D eigenvalue weighted by Crippen LogP contribution is -2.27. The van der Waals surface area contributed by atoms with Gasteiger partial charge in [-0.25, -0.2) is 0 Å². The minimum atomic E-state index is -0.620. The summed E-state index contributed by atoms with van der Waals surface area (Å²) in [5.74, 6) is -0.483. The van der Waals surface area contributed by atoms with Gasteiger partial charge in [-0.2, -0.15) is 0 Å². The smallest absolute Gasteiger partial charge is 0.271 e. The highest BCUT2D eigenvalue weighted by Crippen LogP contribution is 2.30. The third kappa shape index (κ3) is 4.06. The second-order valence-electron chi connectivity index (χ2n) is 4.73. The molecule has 0 aliphatic carbocycles. The number of nitrogens with one attached hydrogen (secondary N) is 1. The number of non-ortho nitro benzene ring substituents is 1. The second kappa shape index (κ2) is 7.06. The summed E-state index contributed by atoms with van der Waals surface area (Å²) in [7, 11) is 0. The Kier molecular flexibility index (Phi) is 5.39. The van der Waals surface area contributed by atoms with Crippen molar-refractivity contribution in [2.45, 2.75) is 25.4 Å². The number of nitrogens with zero attached hydrogens (tertiary/aromatic N) is 1. The number of ether oxygens (including phenoxy) is 1. The van der Waals surface area contributed by atoms with Gasteiger partial charge >= 0.3 is 0 Å². The fourth-order valence-corrected chi connectivity index (χ4v) is 2.57. The average Bonchev–Trinajstić information content (AvgIpc) is 2.94. The van der Waals surface area contributed by atoms with Crippen LogP contribution in [0.15, 0.2) is 12.1 Å². The van der Waals surface area contributed by atoms with Gasteiger partial charge in [-0.05, 0) is 19.3 Å². The van der Waals surface area contributed by atoms with Crippen molar-refractivity contribution in [3.05, 3.63) is 37.9 Å². The lowest BCUT2D eigenvalue weighted by molar-refractivity contribution is -0.384. The Morgan fingerprint density at radius 1 is 1.48 bits per heavy atom. The molecule has 1 saturated heterocycles. The van der Waals surface area contributed by atoms with Crippen LogP contribution in [-0.2, 0) is 4.74 Å². The highest BCUT2D eigenvalue weighted by molar-refractivity contribution is 6.44. The maximum absolute atomic E-state index is 12.0. The molecule has 1 fully saturated rings. The molecule has 1 amide bonds. The van der Waals surface area contributed by atoms with E-state index in [0.717, 1.165) is 31.6 Å². The maximum Gasteiger partial charge on any atom is 0.271 e. The molecule has 1 N–H and O–H groups in total. The number of hydrogen-bond donors (Lipinski definition) is 1. The number of benzene rings is 1. The van der Waals surface area contributed by atoms with Gasteiger partial charge in [0.2, 0.25) is 0 Å². The molecule has 2 rings (SSSR count). The van der Waals surface area contributed by atoms with Crippen LogP contribution >= 0.6 is 23.2 Å². The fraction of sp³-hybridized carbons (Fsp3) is 0.462. The molecule has 0 bridgehead atoms. The van der Waals surface area contributed by atoms with E-state index in [1.165, 1.54) is 0 Å². The van der Waals surface area contributed by atoms with Crippen molar-refractivity contribution >= 4 is 34.8 Å². The van der Waals surface area contributed by atoms with Gasteiger partial charge in [0, 0.05) is 25.3 Å². The maximum atomic E-state index is 12.0. The molecule has 1 aliphatic heterocycles. The van der Waals surface area contributed by atoms with E-state index >= 15 is 0 Å². The summed E-state index contributed by atoms with van der Waals surface area (Å²) < 4.78 is 5.45. The lowest BCUT2D eigenvalue weighted by atomic mass is 10.1. The second-order valence-corrected chi connectivity index (χ2v) is 5.51. The van der Waals surface area contributed by atoms with E-state index in [-0.39, 0.29) is 27.4 Å². The van der Waals surface area contributed by atoms with Crippen LogP contribution in [0.2, 0.25) is 10.0 Å². The Hall–Kier alpha value is -1.37. The molecule has 0 spiro atoms. The van der Waals surface area contributed by atoms with Crippen LogP contribution in [0.3, 0.4) is 0 Å². The van der Waals surface area contributed by atoms with Crippen molar-refractivity contribution in [3.63, 3.8) is 0 Å². The van der Waals surface area contributed by atoms with E-state index in [1.807, 2.05) is 0 Å². The van der Waals surface area contributed by atoms with E-state index in [1.54, 1.807) is 0 Å². The largest absolute Gasteiger partial charge is 0.378 e. The third-order valence-electron chi connectivity index (χ3n) is 3.24. The molecule has 8 heteroatoms. The molecule has 1 atom stereocenters. The summed E-state index contributed by atoms with van der Waals surface area (Å²) in [5, 5.41) is 13.5. The zero-order valence-corrected chi connectivity index (χ0v) is 12.6. The van der Waals surface area contributed by atoms with E-state index in [4.69, 9.17) is 27.9 Å². The fourth-order valence-electron chi connectivity index (χ4n) is 2.16. The number of amides is 1. The standard InChI is InChI=1S/C13H14Cl2N2O4/c14-11-7-8(17(19)20)6-10(12(11)15)13(18)16-4-3-9-2-1-5-21-9/h6-7,9H,1-5H2,(H,16,18). The minimum Gasteiger partial charge on any atom is -0.378 e. The number of carbonyl (C=O) groups is 1. The van der Waals surface area contributed by atoms with Gasteiger partial charge in [0.15, 0.2) is 0 Å². The van der Waals surface area contributed by atoms with Crippen LogP contribution in [-0.4, -0.2) is 30.1 Å². The molecule has 21 heavy (non-hydrogen) atoms. The Bertz CT molecular complexity index is 559. The Morgan fingerprint density at radius 3 is 2.86 bits per heavy atom. The monoisotopic (exact) mass is 332 g/mol. The highest BCUT2D eigenvalue weighted by atomic mass is 35.5. The number of nitro groups is 1. The number of hydrogen-bond acceptors (Lipinski definition) is 4. The molecule has 1 aliphatic rings. The first kappa shape index (κ1) is 16.0. The van der Waals surface area contributed by atoms with Gasteiger partial charge in [-0.15, -0.1) is 0 Å².